The van der Waals surface area contributed by atoms with Crippen LogP contribution in [0.2, 0.25) is 0 Å². The molecule has 1 rings (SSSR count). The molecule has 0 saturated heterocycles. The molecule has 0 aromatic rings. The van der Waals surface area contributed by atoms with Crippen LogP contribution < -0.4 is 0 Å². The Morgan fingerprint density at radius 3 is 0.971 bits per heavy atom. The molecule has 0 bridgehead atoms. The summed E-state index contributed by atoms with van der Waals surface area (Å²) in [7, 11) is 0. The summed E-state index contributed by atoms with van der Waals surface area (Å²) in [6.07, 6.45) is 36.8. The van der Waals surface area contributed by atoms with Crippen LogP contribution in [0.25, 0.3) is 0 Å². The molecule has 202 valence electrons. The van der Waals surface area contributed by atoms with Gasteiger partial charge in [-0.15, -0.1) is 0 Å². The van der Waals surface area contributed by atoms with Gasteiger partial charge in [-0.3, -0.25) is 0 Å². The fraction of sp³-hybridized carbons (Fsp3) is 0.938. The quantitative estimate of drug-likeness (QED) is 0.121. The van der Waals surface area contributed by atoms with Gasteiger partial charge in [-0.2, -0.15) is 0 Å². The lowest BCUT2D eigenvalue weighted by atomic mass is 10.0. The van der Waals surface area contributed by atoms with Gasteiger partial charge in [0.2, 0.25) is 0 Å². The second kappa shape index (κ2) is 22.8. The molecular formula is C32H64N2. The zero-order valence-electron chi connectivity index (χ0n) is 24.2. The van der Waals surface area contributed by atoms with Crippen LogP contribution in [0.1, 0.15) is 169 Å². The number of hydrogen-bond donors (Lipinski definition) is 0. The highest BCUT2D eigenvalue weighted by Gasteiger charge is 2.28. The zero-order chi connectivity index (χ0) is 24.7. The number of unbranched alkanes of at least 4 members (excludes halogenated alkanes) is 20. The van der Waals surface area contributed by atoms with Crippen LogP contribution in [0.15, 0.2) is 12.4 Å². The summed E-state index contributed by atoms with van der Waals surface area (Å²) >= 11 is 0. The van der Waals surface area contributed by atoms with Gasteiger partial charge in [-0.05, 0) is 18.8 Å². The minimum Gasteiger partial charge on any atom is -0.356 e. The van der Waals surface area contributed by atoms with E-state index in [-0.39, 0.29) is 0 Å². The first-order valence-corrected chi connectivity index (χ1v) is 15.9. The summed E-state index contributed by atoms with van der Waals surface area (Å²) in [5.41, 5.74) is 0. The summed E-state index contributed by atoms with van der Waals surface area (Å²) in [6, 6.07) is 0. The Bertz CT molecular complexity index is 444. The van der Waals surface area contributed by atoms with Crippen molar-refractivity contribution in [2.75, 3.05) is 13.1 Å². The molecule has 1 aliphatic rings. The average molecular weight is 477 g/mol. The predicted molar refractivity (Wildman–Crippen MR) is 154 cm³/mol. The van der Waals surface area contributed by atoms with E-state index in [1.54, 1.807) is 0 Å². The average Bonchev–Trinajstić information content (AvgIpc) is 3.24. The lowest BCUT2D eigenvalue weighted by molar-refractivity contribution is 0.104. The Hall–Kier alpha value is -0.660. The van der Waals surface area contributed by atoms with Gasteiger partial charge in [0.1, 0.15) is 6.17 Å². The van der Waals surface area contributed by atoms with Gasteiger partial charge in [0.05, 0.1) is 0 Å². The van der Waals surface area contributed by atoms with Gasteiger partial charge in [0, 0.05) is 25.5 Å². The molecule has 0 radical (unpaired) electrons. The molecule has 0 aliphatic carbocycles. The van der Waals surface area contributed by atoms with Gasteiger partial charge in [0.25, 0.3) is 0 Å². The van der Waals surface area contributed by atoms with E-state index in [4.69, 9.17) is 0 Å². The summed E-state index contributed by atoms with van der Waals surface area (Å²) in [5, 5.41) is 0. The zero-order valence-corrected chi connectivity index (χ0v) is 24.2. The molecule has 0 N–H and O–H groups in total. The Morgan fingerprint density at radius 1 is 0.441 bits per heavy atom. The van der Waals surface area contributed by atoms with Crippen molar-refractivity contribution in [1.82, 2.24) is 9.80 Å². The third-order valence-corrected chi connectivity index (χ3v) is 7.77. The molecule has 0 aromatic heterocycles. The standard InChI is InChI=1S/C32H64N2/c1-5-7-9-11-13-15-17-18-20-22-24-26-28-34-30-29-33(32(34)31(3)4)27-25-23-21-19-16-14-12-10-8-6-2/h29-32H,5-28H2,1-4H3. The van der Waals surface area contributed by atoms with Gasteiger partial charge in [-0.25, -0.2) is 0 Å². The minimum absolute atomic E-state index is 0.589. The Kier molecular flexibility index (Phi) is 21.0. The fourth-order valence-electron chi connectivity index (χ4n) is 5.63. The molecule has 0 fully saturated rings. The number of rotatable bonds is 25. The highest BCUT2D eigenvalue weighted by atomic mass is 15.4. The molecule has 0 aromatic carbocycles. The summed E-state index contributed by atoms with van der Waals surface area (Å²) in [4.78, 5) is 5.27. The molecule has 1 atom stereocenters. The van der Waals surface area contributed by atoms with Crippen LogP contribution in [-0.2, 0) is 0 Å². The van der Waals surface area contributed by atoms with Crippen LogP contribution in [0.5, 0.6) is 0 Å². The maximum Gasteiger partial charge on any atom is 0.103 e. The molecule has 1 unspecified atom stereocenters. The third kappa shape index (κ3) is 16.1. The summed E-state index contributed by atoms with van der Waals surface area (Å²) in [5.74, 6) is 0.690. The van der Waals surface area contributed by atoms with E-state index in [2.05, 4.69) is 49.9 Å². The molecule has 1 heterocycles. The monoisotopic (exact) mass is 477 g/mol. The smallest absolute Gasteiger partial charge is 0.103 e. The third-order valence-electron chi connectivity index (χ3n) is 7.77. The maximum absolute atomic E-state index is 2.64. The molecule has 2 heteroatoms. The number of hydrogen-bond acceptors (Lipinski definition) is 2. The molecule has 1 aliphatic heterocycles. The van der Waals surface area contributed by atoms with Crippen LogP contribution >= 0.6 is 0 Å². The van der Waals surface area contributed by atoms with Gasteiger partial charge in [-0.1, -0.05) is 156 Å². The van der Waals surface area contributed by atoms with E-state index < -0.39 is 0 Å². The molecule has 0 amide bonds. The van der Waals surface area contributed by atoms with E-state index in [1.165, 1.54) is 154 Å². The van der Waals surface area contributed by atoms with E-state index >= 15 is 0 Å². The van der Waals surface area contributed by atoms with Crippen molar-refractivity contribution in [2.45, 2.75) is 175 Å². The topological polar surface area (TPSA) is 6.48 Å². The second-order valence-corrected chi connectivity index (χ2v) is 11.5. The van der Waals surface area contributed by atoms with E-state index in [0.717, 1.165) is 0 Å². The van der Waals surface area contributed by atoms with Crippen molar-refractivity contribution in [3.05, 3.63) is 12.4 Å². The molecule has 34 heavy (non-hydrogen) atoms. The fourth-order valence-corrected chi connectivity index (χ4v) is 5.63. The Labute approximate surface area is 216 Å². The van der Waals surface area contributed by atoms with Crippen LogP contribution in [0.3, 0.4) is 0 Å². The van der Waals surface area contributed by atoms with Crippen molar-refractivity contribution in [2.24, 2.45) is 5.92 Å². The lowest BCUT2D eigenvalue weighted by Crippen LogP contribution is -2.43. The minimum atomic E-state index is 0.589. The van der Waals surface area contributed by atoms with E-state index in [1.807, 2.05) is 0 Å². The number of nitrogens with zero attached hydrogens (tertiary/aromatic N) is 2. The Balaban J connectivity index is 2.02. The van der Waals surface area contributed by atoms with Gasteiger partial charge < -0.3 is 9.80 Å². The van der Waals surface area contributed by atoms with Gasteiger partial charge in [0.15, 0.2) is 0 Å². The molecule has 0 spiro atoms. The van der Waals surface area contributed by atoms with Crippen LogP contribution in [-0.4, -0.2) is 29.1 Å². The molecular weight excluding hydrogens is 412 g/mol. The van der Waals surface area contributed by atoms with E-state index in [0.29, 0.717) is 12.1 Å². The van der Waals surface area contributed by atoms with Crippen molar-refractivity contribution >= 4 is 0 Å². The summed E-state index contributed by atoms with van der Waals surface area (Å²) < 4.78 is 0. The molecule has 2 nitrogen and oxygen atoms in total. The lowest BCUT2D eigenvalue weighted by Gasteiger charge is -2.36. The highest BCUT2D eigenvalue weighted by Crippen LogP contribution is 2.24. The van der Waals surface area contributed by atoms with Crippen molar-refractivity contribution in [1.29, 1.82) is 0 Å². The van der Waals surface area contributed by atoms with Crippen molar-refractivity contribution in [3.8, 4) is 0 Å². The highest BCUT2D eigenvalue weighted by molar-refractivity contribution is 4.98. The molecule has 0 saturated carbocycles. The van der Waals surface area contributed by atoms with Gasteiger partial charge >= 0.3 is 0 Å². The summed E-state index contributed by atoms with van der Waals surface area (Å²) in [6.45, 7) is 11.9. The van der Waals surface area contributed by atoms with Crippen LogP contribution in [0, 0.1) is 5.92 Å². The van der Waals surface area contributed by atoms with Crippen molar-refractivity contribution < 1.29 is 0 Å². The second-order valence-electron chi connectivity index (χ2n) is 11.5. The maximum atomic E-state index is 2.64. The van der Waals surface area contributed by atoms with E-state index in [9.17, 15) is 0 Å². The largest absolute Gasteiger partial charge is 0.356 e. The first-order chi connectivity index (χ1) is 16.7. The van der Waals surface area contributed by atoms with Crippen molar-refractivity contribution in [3.63, 3.8) is 0 Å². The first-order valence-electron chi connectivity index (χ1n) is 15.9. The Morgan fingerprint density at radius 2 is 0.706 bits per heavy atom. The normalized spacial score (nSPS) is 15.9. The van der Waals surface area contributed by atoms with Crippen LogP contribution in [0.4, 0.5) is 0 Å². The predicted octanol–water partition coefficient (Wildman–Crippen LogP) is 10.7. The SMILES string of the molecule is CCCCCCCCCCCCCCN1C=CN(CCCCCCCCCCCC)C1C(C)C. The first kappa shape index (κ1) is 31.4.